The van der Waals surface area contributed by atoms with Crippen LogP contribution in [0.3, 0.4) is 0 Å². The third-order valence-electron chi connectivity index (χ3n) is 7.23. The zero-order chi connectivity index (χ0) is 22.1. The van der Waals surface area contributed by atoms with Crippen molar-refractivity contribution in [2.45, 2.75) is 71.4 Å². The van der Waals surface area contributed by atoms with Crippen molar-refractivity contribution in [3.05, 3.63) is 51.1 Å². The van der Waals surface area contributed by atoms with Crippen LogP contribution in [0, 0.1) is 5.41 Å². The highest BCUT2D eigenvalue weighted by Gasteiger charge is 2.34. The fourth-order valence-electron chi connectivity index (χ4n) is 5.24. The molecule has 0 radical (unpaired) electrons. The van der Waals surface area contributed by atoms with Crippen LogP contribution in [0.1, 0.15) is 59.3 Å². The molecular weight excluding hydrogens is 406 g/mol. The Morgan fingerprint density at radius 3 is 2.61 bits per heavy atom. The van der Waals surface area contributed by atoms with Crippen LogP contribution in [0.2, 0.25) is 0 Å². The van der Waals surface area contributed by atoms with Crippen molar-refractivity contribution >= 4 is 11.3 Å². The van der Waals surface area contributed by atoms with E-state index in [0.717, 1.165) is 36.6 Å². The van der Waals surface area contributed by atoms with Crippen molar-refractivity contribution in [1.82, 2.24) is 14.7 Å². The van der Waals surface area contributed by atoms with Gasteiger partial charge in [-0.25, -0.2) is 4.68 Å². The summed E-state index contributed by atoms with van der Waals surface area (Å²) < 4.78 is 1.45. The molecule has 1 fully saturated rings. The first-order valence-corrected chi connectivity index (χ1v) is 12.4. The molecule has 0 unspecified atom stereocenters. The van der Waals surface area contributed by atoms with Gasteiger partial charge in [0.05, 0.1) is 17.0 Å². The molecular formula is C25H35N3O2S. The second-order valence-electron chi connectivity index (χ2n) is 10.0. The van der Waals surface area contributed by atoms with Gasteiger partial charge in [0.15, 0.2) is 0 Å². The Labute approximate surface area is 189 Å². The minimum Gasteiger partial charge on any atom is -0.388 e. The molecule has 0 amide bonds. The topological polar surface area (TPSA) is 58.4 Å². The molecule has 2 aromatic heterocycles. The van der Waals surface area contributed by atoms with Crippen LogP contribution in [0.15, 0.2) is 45.6 Å². The Hall–Kier alpha value is -1.76. The van der Waals surface area contributed by atoms with Gasteiger partial charge < -0.3 is 10.0 Å². The van der Waals surface area contributed by atoms with E-state index >= 15 is 0 Å². The second-order valence-corrected chi connectivity index (χ2v) is 11.0. The van der Waals surface area contributed by atoms with E-state index < -0.39 is 5.60 Å². The summed E-state index contributed by atoms with van der Waals surface area (Å²) in [5.74, 6) is 0. The molecule has 2 aromatic rings. The first kappa shape index (κ1) is 22.4. The van der Waals surface area contributed by atoms with Gasteiger partial charge >= 0.3 is 0 Å². The number of rotatable bonds is 6. The average Bonchev–Trinajstić information content (AvgIpc) is 3.25. The van der Waals surface area contributed by atoms with Gasteiger partial charge in [-0.3, -0.25) is 4.79 Å². The van der Waals surface area contributed by atoms with E-state index in [4.69, 9.17) is 0 Å². The number of aliphatic hydroxyl groups is 1. The Kier molecular flexibility index (Phi) is 6.52. The smallest absolute Gasteiger partial charge is 0.266 e. The van der Waals surface area contributed by atoms with E-state index in [1.165, 1.54) is 23.9 Å². The highest BCUT2D eigenvalue weighted by atomic mass is 32.1. The molecule has 1 N–H and O–H groups in total. The first-order chi connectivity index (χ1) is 14.8. The fourth-order valence-corrected chi connectivity index (χ4v) is 5.93. The van der Waals surface area contributed by atoms with Crippen molar-refractivity contribution in [2.75, 3.05) is 19.6 Å². The molecule has 2 aliphatic rings. The molecule has 0 spiro atoms. The van der Waals surface area contributed by atoms with Crippen molar-refractivity contribution in [1.29, 1.82) is 0 Å². The Balaban J connectivity index is 1.36. The number of nitrogens with zero attached hydrogens (tertiary/aromatic N) is 3. The minimum absolute atomic E-state index is 0.155. The average molecular weight is 442 g/mol. The number of hydrogen-bond donors (Lipinski definition) is 1. The summed E-state index contributed by atoms with van der Waals surface area (Å²) in [6.07, 6.45) is 6.30. The third kappa shape index (κ3) is 5.18. The normalized spacial score (nSPS) is 21.4. The highest BCUT2D eigenvalue weighted by Crippen LogP contribution is 2.42. The number of piperidine rings is 1. The maximum Gasteiger partial charge on any atom is 0.266 e. The van der Waals surface area contributed by atoms with E-state index in [2.05, 4.69) is 30.8 Å². The maximum absolute atomic E-state index is 12.4. The predicted octanol–water partition coefficient (Wildman–Crippen LogP) is 4.72. The zero-order valence-corrected chi connectivity index (χ0v) is 19.9. The van der Waals surface area contributed by atoms with Crippen LogP contribution in [0.5, 0.6) is 0 Å². The summed E-state index contributed by atoms with van der Waals surface area (Å²) in [7, 11) is 0. The number of aromatic nitrogens is 2. The van der Waals surface area contributed by atoms with E-state index in [1.54, 1.807) is 34.6 Å². The molecule has 0 saturated carbocycles. The van der Waals surface area contributed by atoms with Crippen molar-refractivity contribution in [2.24, 2.45) is 5.41 Å². The monoisotopic (exact) mass is 441 g/mol. The van der Waals surface area contributed by atoms with E-state index in [1.807, 2.05) is 17.5 Å². The summed E-state index contributed by atoms with van der Waals surface area (Å²) in [6, 6.07) is 7.30. The molecule has 1 saturated heterocycles. The van der Waals surface area contributed by atoms with Gasteiger partial charge in [0.1, 0.15) is 5.69 Å². The van der Waals surface area contributed by atoms with Gasteiger partial charge in [-0.15, -0.1) is 11.3 Å². The fraction of sp³-hybridized carbons (Fsp3) is 0.600. The van der Waals surface area contributed by atoms with Gasteiger partial charge in [-0.2, -0.15) is 5.10 Å². The molecule has 0 aromatic carbocycles. The Bertz CT molecular complexity index is 982. The van der Waals surface area contributed by atoms with Crippen LogP contribution in [-0.2, 0) is 6.54 Å². The quantitative estimate of drug-likeness (QED) is 0.659. The van der Waals surface area contributed by atoms with Gasteiger partial charge in [0.2, 0.25) is 0 Å². The molecule has 3 heterocycles. The van der Waals surface area contributed by atoms with Crippen molar-refractivity contribution < 1.29 is 5.11 Å². The summed E-state index contributed by atoms with van der Waals surface area (Å²) in [5.41, 5.74) is 3.30. The molecule has 4 rings (SSSR count). The summed E-state index contributed by atoms with van der Waals surface area (Å²) in [6.45, 7) is 10.1. The van der Waals surface area contributed by atoms with Crippen LogP contribution in [0.4, 0.5) is 0 Å². The highest BCUT2D eigenvalue weighted by molar-refractivity contribution is 7.13. The summed E-state index contributed by atoms with van der Waals surface area (Å²) in [5, 5.41) is 17.7. The van der Waals surface area contributed by atoms with Gasteiger partial charge in [-0.05, 0) is 68.4 Å². The van der Waals surface area contributed by atoms with Gasteiger partial charge in [0.25, 0.3) is 5.56 Å². The van der Waals surface area contributed by atoms with Gasteiger partial charge in [0, 0.05) is 25.7 Å². The molecule has 1 aliphatic carbocycles. The van der Waals surface area contributed by atoms with Crippen LogP contribution in [0.25, 0.3) is 10.6 Å². The van der Waals surface area contributed by atoms with Crippen molar-refractivity contribution in [3.63, 3.8) is 0 Å². The lowest BCUT2D eigenvalue weighted by Crippen LogP contribution is -2.48. The second kappa shape index (κ2) is 9.00. The number of likely N-dealkylation sites (tertiary alicyclic amines) is 1. The minimum atomic E-state index is -0.874. The van der Waals surface area contributed by atoms with E-state index in [0.29, 0.717) is 18.3 Å². The summed E-state index contributed by atoms with van der Waals surface area (Å²) >= 11 is 1.60. The van der Waals surface area contributed by atoms with Crippen molar-refractivity contribution in [3.8, 4) is 10.6 Å². The summed E-state index contributed by atoms with van der Waals surface area (Å²) in [4.78, 5) is 15.9. The predicted molar refractivity (Wildman–Crippen MR) is 127 cm³/mol. The van der Waals surface area contributed by atoms with Gasteiger partial charge in [-0.1, -0.05) is 31.1 Å². The van der Waals surface area contributed by atoms with Crippen LogP contribution in [-0.4, -0.2) is 45.0 Å². The molecule has 5 nitrogen and oxygen atoms in total. The molecule has 1 aliphatic heterocycles. The Morgan fingerprint density at radius 1 is 1.16 bits per heavy atom. The number of hydrogen-bond acceptors (Lipinski definition) is 5. The molecule has 0 bridgehead atoms. The standard InChI is InChI=1S/C25H35N3O2S/c1-19-6-4-11-24(2,3)20(19)10-14-27-15-12-25(30,13-16-27)18-28-23(29)9-8-21(26-28)22-7-5-17-31-22/h5,7-9,17,30H,4,6,10-16,18H2,1-3H3. The zero-order valence-electron chi connectivity index (χ0n) is 19.1. The first-order valence-electron chi connectivity index (χ1n) is 11.5. The maximum atomic E-state index is 12.4. The SMILES string of the molecule is CC1=C(CCN2CCC(O)(Cn3nc(-c4cccs4)ccc3=O)CC2)C(C)(C)CCC1. The molecule has 6 heteroatoms. The number of allylic oxidation sites excluding steroid dienone is 1. The lowest BCUT2D eigenvalue weighted by atomic mass is 9.71. The molecule has 31 heavy (non-hydrogen) atoms. The Morgan fingerprint density at radius 2 is 1.94 bits per heavy atom. The lowest BCUT2D eigenvalue weighted by Gasteiger charge is -2.40. The van der Waals surface area contributed by atoms with Crippen LogP contribution < -0.4 is 5.56 Å². The largest absolute Gasteiger partial charge is 0.388 e. The van der Waals surface area contributed by atoms with E-state index in [9.17, 15) is 9.90 Å². The van der Waals surface area contributed by atoms with Crippen LogP contribution >= 0.6 is 11.3 Å². The van der Waals surface area contributed by atoms with E-state index in [-0.39, 0.29) is 12.1 Å². The molecule has 0 atom stereocenters. The number of thiophene rings is 1. The molecule has 168 valence electrons. The third-order valence-corrected chi connectivity index (χ3v) is 8.13. The lowest BCUT2D eigenvalue weighted by molar-refractivity contribution is -0.0372.